The quantitative estimate of drug-likeness (QED) is 0.436. The van der Waals surface area contributed by atoms with Gasteiger partial charge in [-0.1, -0.05) is 30.3 Å². The molecule has 4 aromatic rings. The van der Waals surface area contributed by atoms with Crippen LogP contribution in [0.5, 0.6) is 0 Å². The fourth-order valence-electron chi connectivity index (χ4n) is 4.08. The first-order valence-corrected chi connectivity index (χ1v) is 11.0. The second-order valence-electron chi connectivity index (χ2n) is 7.89. The summed E-state index contributed by atoms with van der Waals surface area (Å²) in [6.07, 6.45) is 2.58. The van der Waals surface area contributed by atoms with Crippen LogP contribution in [0.25, 0.3) is 33.6 Å². The molecule has 33 heavy (non-hydrogen) atoms. The van der Waals surface area contributed by atoms with E-state index in [0.29, 0.717) is 24.3 Å². The van der Waals surface area contributed by atoms with Crippen molar-refractivity contribution in [3.05, 3.63) is 89.7 Å². The highest BCUT2D eigenvalue weighted by Crippen LogP contribution is 2.29. The van der Waals surface area contributed by atoms with Crippen molar-refractivity contribution in [2.75, 3.05) is 13.2 Å². The average Bonchev–Trinajstić information content (AvgIpc) is 3.30. The molecule has 0 fully saturated rings. The highest BCUT2D eigenvalue weighted by Gasteiger charge is 2.20. The Bertz CT molecular complexity index is 1340. The molecule has 0 atom stereocenters. The Morgan fingerprint density at radius 2 is 1.79 bits per heavy atom. The lowest BCUT2D eigenvalue weighted by Gasteiger charge is -2.11. The van der Waals surface area contributed by atoms with Crippen molar-refractivity contribution in [3.63, 3.8) is 0 Å². The predicted molar refractivity (Wildman–Crippen MR) is 127 cm³/mol. The Kier molecular flexibility index (Phi) is 5.48. The normalized spacial score (nSPS) is 12.7. The van der Waals surface area contributed by atoms with Crippen molar-refractivity contribution >= 4 is 11.9 Å². The van der Waals surface area contributed by atoms with E-state index < -0.39 is 0 Å². The van der Waals surface area contributed by atoms with Gasteiger partial charge < -0.3 is 15.0 Å². The monoisotopic (exact) mass is 437 g/mol. The molecule has 0 saturated heterocycles. The van der Waals surface area contributed by atoms with Crippen LogP contribution in [0.2, 0.25) is 0 Å². The molecule has 6 heteroatoms. The predicted octanol–water partition coefficient (Wildman–Crippen LogP) is 4.87. The zero-order valence-electron chi connectivity index (χ0n) is 18.2. The molecule has 2 aromatic carbocycles. The number of carbonyl (C=O) groups excluding carboxylic acids is 2. The van der Waals surface area contributed by atoms with E-state index in [4.69, 9.17) is 4.74 Å². The van der Waals surface area contributed by atoms with Gasteiger partial charge in [-0.2, -0.15) is 0 Å². The zero-order valence-corrected chi connectivity index (χ0v) is 18.2. The maximum Gasteiger partial charge on any atom is 0.338 e. The van der Waals surface area contributed by atoms with Crippen LogP contribution < -0.4 is 5.32 Å². The van der Waals surface area contributed by atoms with Crippen LogP contribution >= 0.6 is 0 Å². The van der Waals surface area contributed by atoms with Crippen molar-refractivity contribution in [3.8, 4) is 33.6 Å². The third kappa shape index (κ3) is 4.15. The Labute approximate surface area is 191 Å². The van der Waals surface area contributed by atoms with Crippen molar-refractivity contribution < 1.29 is 14.3 Å². The number of hydrogen-bond donors (Lipinski definition) is 2. The molecule has 5 rings (SSSR count). The number of pyridine rings is 1. The number of nitrogens with one attached hydrogen (secondary N) is 2. The van der Waals surface area contributed by atoms with Crippen molar-refractivity contribution in [2.24, 2.45) is 0 Å². The largest absolute Gasteiger partial charge is 0.462 e. The summed E-state index contributed by atoms with van der Waals surface area (Å²) in [5.74, 6) is -0.350. The summed E-state index contributed by atoms with van der Waals surface area (Å²) in [5.41, 5.74) is 7.97. The molecule has 1 aliphatic heterocycles. The SMILES string of the molecule is CCOC(=O)c1ccc(-c2cccc(-c3cc(-c4cc5c([nH]4)CCNC5=O)ccn3)c2)cc1. The highest BCUT2D eigenvalue weighted by atomic mass is 16.5. The van der Waals surface area contributed by atoms with Gasteiger partial charge in [-0.3, -0.25) is 9.78 Å². The standard InChI is InChI=1S/C27H23N3O3/c1-2-33-27(32)18-8-6-17(7-9-18)19-4-3-5-20(14-19)24-15-21(10-12-28-24)25-16-22-23(30-25)11-13-29-26(22)31/h3-10,12,14-16,30H,2,11,13H2,1H3,(H,29,31). The van der Waals surface area contributed by atoms with Gasteiger partial charge in [0.1, 0.15) is 0 Å². The summed E-state index contributed by atoms with van der Waals surface area (Å²) < 4.78 is 5.06. The van der Waals surface area contributed by atoms with Gasteiger partial charge in [-0.25, -0.2) is 4.79 Å². The van der Waals surface area contributed by atoms with Gasteiger partial charge in [0.15, 0.2) is 0 Å². The maximum atomic E-state index is 12.1. The molecule has 1 amide bonds. The van der Waals surface area contributed by atoms with E-state index in [-0.39, 0.29) is 11.9 Å². The molecule has 2 N–H and O–H groups in total. The number of esters is 1. The van der Waals surface area contributed by atoms with E-state index >= 15 is 0 Å². The van der Waals surface area contributed by atoms with Gasteiger partial charge in [0, 0.05) is 41.7 Å². The summed E-state index contributed by atoms with van der Waals surface area (Å²) >= 11 is 0. The van der Waals surface area contributed by atoms with Crippen LogP contribution in [-0.4, -0.2) is 35.0 Å². The van der Waals surface area contributed by atoms with Crippen molar-refractivity contribution in [1.29, 1.82) is 0 Å². The number of ether oxygens (including phenoxy) is 1. The van der Waals surface area contributed by atoms with E-state index in [2.05, 4.69) is 21.4 Å². The summed E-state index contributed by atoms with van der Waals surface area (Å²) in [7, 11) is 0. The summed E-state index contributed by atoms with van der Waals surface area (Å²) in [6, 6.07) is 21.4. The molecule has 0 saturated carbocycles. The van der Waals surface area contributed by atoms with Crippen LogP contribution in [0.3, 0.4) is 0 Å². The Morgan fingerprint density at radius 3 is 2.58 bits per heavy atom. The first kappa shape index (κ1) is 20.7. The minimum atomic E-state index is -0.317. The van der Waals surface area contributed by atoms with Gasteiger partial charge in [-0.15, -0.1) is 0 Å². The topological polar surface area (TPSA) is 84.1 Å². The second kappa shape index (κ2) is 8.74. The number of benzene rings is 2. The first-order chi connectivity index (χ1) is 16.1. The number of aromatic nitrogens is 2. The molecule has 0 radical (unpaired) electrons. The van der Waals surface area contributed by atoms with Crippen LogP contribution in [0.4, 0.5) is 0 Å². The minimum Gasteiger partial charge on any atom is -0.462 e. The molecule has 0 aliphatic carbocycles. The number of H-pyrrole nitrogens is 1. The number of rotatable bonds is 5. The van der Waals surface area contributed by atoms with Gasteiger partial charge in [0.05, 0.1) is 23.4 Å². The Morgan fingerprint density at radius 1 is 0.970 bits per heavy atom. The van der Waals surface area contributed by atoms with Crippen LogP contribution in [0.1, 0.15) is 33.3 Å². The highest BCUT2D eigenvalue weighted by molar-refractivity contribution is 5.98. The number of carbonyl (C=O) groups is 2. The molecular formula is C27H23N3O3. The smallest absolute Gasteiger partial charge is 0.338 e. The second-order valence-corrected chi connectivity index (χ2v) is 7.89. The average molecular weight is 437 g/mol. The number of aromatic amines is 1. The van der Waals surface area contributed by atoms with E-state index in [1.807, 2.05) is 48.5 Å². The van der Waals surface area contributed by atoms with E-state index in [0.717, 1.165) is 45.8 Å². The van der Waals surface area contributed by atoms with Gasteiger partial charge in [0.2, 0.25) is 0 Å². The minimum absolute atomic E-state index is 0.0327. The van der Waals surface area contributed by atoms with E-state index in [1.54, 1.807) is 25.3 Å². The lowest BCUT2D eigenvalue weighted by atomic mass is 9.99. The van der Waals surface area contributed by atoms with E-state index in [9.17, 15) is 9.59 Å². The molecular weight excluding hydrogens is 414 g/mol. The first-order valence-electron chi connectivity index (χ1n) is 11.0. The third-order valence-electron chi connectivity index (χ3n) is 5.76. The van der Waals surface area contributed by atoms with Gasteiger partial charge >= 0.3 is 5.97 Å². The molecule has 164 valence electrons. The molecule has 1 aliphatic rings. The fourth-order valence-corrected chi connectivity index (χ4v) is 4.08. The lowest BCUT2D eigenvalue weighted by Crippen LogP contribution is -2.31. The summed E-state index contributed by atoms with van der Waals surface area (Å²) in [5, 5.41) is 2.88. The Hall–Kier alpha value is -4.19. The molecule has 2 aromatic heterocycles. The fraction of sp³-hybridized carbons (Fsp3) is 0.148. The van der Waals surface area contributed by atoms with Gasteiger partial charge in [0.25, 0.3) is 5.91 Å². The number of nitrogens with zero attached hydrogens (tertiary/aromatic N) is 1. The van der Waals surface area contributed by atoms with Crippen LogP contribution in [-0.2, 0) is 11.2 Å². The lowest BCUT2D eigenvalue weighted by molar-refractivity contribution is 0.0526. The maximum absolute atomic E-state index is 12.1. The van der Waals surface area contributed by atoms with E-state index in [1.165, 1.54) is 0 Å². The number of hydrogen-bond acceptors (Lipinski definition) is 4. The summed E-state index contributed by atoms with van der Waals surface area (Å²) in [6.45, 7) is 2.80. The van der Waals surface area contributed by atoms with Crippen molar-refractivity contribution in [2.45, 2.75) is 13.3 Å². The molecule has 6 nitrogen and oxygen atoms in total. The Balaban J connectivity index is 1.44. The molecule has 0 bridgehead atoms. The number of fused-ring (bicyclic) bond motifs is 1. The van der Waals surface area contributed by atoms with Gasteiger partial charge in [-0.05, 0) is 54.4 Å². The van der Waals surface area contributed by atoms with Crippen molar-refractivity contribution in [1.82, 2.24) is 15.3 Å². The molecule has 0 spiro atoms. The zero-order chi connectivity index (χ0) is 22.8. The third-order valence-corrected chi connectivity index (χ3v) is 5.76. The van der Waals surface area contributed by atoms with Crippen LogP contribution in [0.15, 0.2) is 72.9 Å². The summed E-state index contributed by atoms with van der Waals surface area (Å²) in [4.78, 5) is 32.0. The molecule has 3 heterocycles. The number of amides is 1. The molecule has 0 unspecified atom stereocenters. The van der Waals surface area contributed by atoms with Crippen LogP contribution in [0, 0.1) is 0 Å².